The number of aromatic nitrogens is 1. The maximum absolute atomic E-state index is 12.2. The summed E-state index contributed by atoms with van der Waals surface area (Å²) in [6.07, 6.45) is 2.47. The number of para-hydroxylation sites is 1. The van der Waals surface area contributed by atoms with Gasteiger partial charge in [-0.15, -0.1) is 0 Å². The minimum Gasteiger partial charge on any atom is -0.378 e. The highest BCUT2D eigenvalue weighted by atomic mass is 16.5. The van der Waals surface area contributed by atoms with Crippen LogP contribution in [0.25, 0.3) is 10.9 Å². The molecule has 0 aliphatic carbocycles. The first-order valence-electron chi connectivity index (χ1n) is 8.35. The highest BCUT2D eigenvalue weighted by Gasteiger charge is 2.28. The Kier molecular flexibility index (Phi) is 5.57. The maximum atomic E-state index is 12.2. The summed E-state index contributed by atoms with van der Waals surface area (Å²) in [5, 5.41) is 3.99. The van der Waals surface area contributed by atoms with Crippen molar-refractivity contribution in [2.45, 2.75) is 12.5 Å². The van der Waals surface area contributed by atoms with Gasteiger partial charge in [0.1, 0.15) is 6.04 Å². The van der Waals surface area contributed by atoms with Gasteiger partial charge in [-0.3, -0.25) is 19.5 Å². The van der Waals surface area contributed by atoms with Crippen LogP contribution in [0.15, 0.2) is 36.5 Å². The molecule has 132 valence electrons. The average Bonchev–Trinajstić information content (AvgIpc) is 2.62. The lowest BCUT2D eigenvalue weighted by Crippen LogP contribution is -2.55. The van der Waals surface area contributed by atoms with Gasteiger partial charge in [0.25, 0.3) is 0 Å². The normalized spacial score (nSPS) is 18.2. The zero-order valence-corrected chi connectivity index (χ0v) is 14.0. The Morgan fingerprint density at radius 3 is 3.00 bits per heavy atom. The fourth-order valence-corrected chi connectivity index (χ4v) is 3.04. The molecule has 3 N–H and O–H groups in total. The summed E-state index contributed by atoms with van der Waals surface area (Å²) in [5.74, 6) is -0.587. The van der Waals surface area contributed by atoms with Gasteiger partial charge in [0.2, 0.25) is 11.8 Å². The molecule has 2 amide bonds. The molecule has 7 nitrogen and oxygen atoms in total. The Balaban J connectivity index is 1.53. The number of fused-ring (bicyclic) bond motifs is 1. The van der Waals surface area contributed by atoms with E-state index in [0.29, 0.717) is 26.1 Å². The Labute approximate surface area is 146 Å². The molecule has 0 saturated carbocycles. The monoisotopic (exact) mass is 342 g/mol. The molecule has 1 atom stereocenters. The van der Waals surface area contributed by atoms with Crippen LogP contribution in [-0.2, 0) is 20.7 Å². The molecule has 0 spiro atoms. The molecular formula is C18H22N4O3. The smallest absolute Gasteiger partial charge is 0.237 e. The summed E-state index contributed by atoms with van der Waals surface area (Å²) < 4.78 is 5.25. The number of ether oxygens (including phenoxy) is 1. The Hall–Kier alpha value is -2.51. The van der Waals surface area contributed by atoms with Gasteiger partial charge in [-0.2, -0.15) is 0 Å². The molecule has 1 aliphatic heterocycles. The second-order valence-corrected chi connectivity index (χ2v) is 6.06. The number of amides is 2. The quantitative estimate of drug-likeness (QED) is 0.775. The Bertz CT molecular complexity index is 760. The second-order valence-electron chi connectivity index (χ2n) is 6.06. The highest BCUT2D eigenvalue weighted by molar-refractivity contribution is 5.83. The van der Waals surface area contributed by atoms with E-state index in [0.717, 1.165) is 16.5 Å². The van der Waals surface area contributed by atoms with E-state index in [1.54, 1.807) is 11.1 Å². The number of morpholine rings is 1. The lowest BCUT2D eigenvalue weighted by Gasteiger charge is -2.32. The molecule has 3 rings (SSSR count). The van der Waals surface area contributed by atoms with Gasteiger partial charge in [0.15, 0.2) is 0 Å². The van der Waals surface area contributed by atoms with Crippen molar-refractivity contribution in [1.29, 1.82) is 0 Å². The van der Waals surface area contributed by atoms with Crippen molar-refractivity contribution in [1.82, 2.24) is 15.2 Å². The number of nitrogens with one attached hydrogen (secondary N) is 1. The predicted octanol–water partition coefficient (Wildman–Crippen LogP) is 0.0796. The molecule has 1 saturated heterocycles. The number of rotatable bonds is 6. The summed E-state index contributed by atoms with van der Waals surface area (Å²) in [6, 6.07) is 9.42. The van der Waals surface area contributed by atoms with E-state index >= 15 is 0 Å². The number of carbonyl (C=O) groups is 2. The third kappa shape index (κ3) is 4.32. The third-order valence-electron chi connectivity index (χ3n) is 4.35. The molecule has 1 aliphatic rings. The zero-order valence-electron chi connectivity index (χ0n) is 14.0. The standard InChI is InChI=1S/C18H22N4O3/c19-18(24)15-12-25-10-9-22(15)11-16(23)20-8-6-14-4-1-3-13-5-2-7-21-17(13)14/h1-5,7,15H,6,8-12H2,(H2,19,24)(H,20,23)/t15-/m0/s1. The largest absolute Gasteiger partial charge is 0.378 e. The first-order chi connectivity index (χ1) is 12.1. The summed E-state index contributed by atoms with van der Waals surface area (Å²) >= 11 is 0. The van der Waals surface area contributed by atoms with Crippen LogP contribution in [0.3, 0.4) is 0 Å². The van der Waals surface area contributed by atoms with E-state index < -0.39 is 11.9 Å². The van der Waals surface area contributed by atoms with Crippen LogP contribution in [0.2, 0.25) is 0 Å². The fraction of sp³-hybridized carbons (Fsp3) is 0.389. The van der Waals surface area contributed by atoms with Crippen LogP contribution in [0.4, 0.5) is 0 Å². The topological polar surface area (TPSA) is 97.6 Å². The van der Waals surface area contributed by atoms with Gasteiger partial charge in [0, 0.05) is 24.7 Å². The van der Waals surface area contributed by atoms with Gasteiger partial charge in [-0.1, -0.05) is 24.3 Å². The second kappa shape index (κ2) is 8.04. The highest BCUT2D eigenvalue weighted by Crippen LogP contribution is 2.16. The SMILES string of the molecule is NC(=O)[C@@H]1COCCN1CC(=O)NCCc1cccc2cccnc12. The molecule has 2 heterocycles. The minimum absolute atomic E-state index is 0.124. The zero-order chi connectivity index (χ0) is 17.6. The lowest BCUT2D eigenvalue weighted by atomic mass is 10.1. The van der Waals surface area contributed by atoms with E-state index in [9.17, 15) is 9.59 Å². The van der Waals surface area contributed by atoms with Crippen molar-refractivity contribution in [3.8, 4) is 0 Å². The molecule has 0 bridgehead atoms. The molecule has 2 aromatic rings. The van der Waals surface area contributed by atoms with E-state index in [4.69, 9.17) is 10.5 Å². The molecule has 0 unspecified atom stereocenters. The van der Waals surface area contributed by atoms with Crippen molar-refractivity contribution < 1.29 is 14.3 Å². The third-order valence-corrected chi connectivity index (χ3v) is 4.35. The summed E-state index contributed by atoms with van der Waals surface area (Å²) in [7, 11) is 0. The van der Waals surface area contributed by atoms with E-state index in [1.807, 2.05) is 30.3 Å². The number of hydrogen-bond donors (Lipinski definition) is 2. The first-order valence-corrected chi connectivity index (χ1v) is 8.35. The summed E-state index contributed by atoms with van der Waals surface area (Å²) in [4.78, 5) is 29.8. The number of pyridine rings is 1. The first kappa shape index (κ1) is 17.3. The number of carbonyl (C=O) groups excluding carboxylic acids is 2. The molecule has 1 aromatic carbocycles. The van der Waals surface area contributed by atoms with Gasteiger partial charge in [-0.25, -0.2) is 0 Å². The van der Waals surface area contributed by atoms with Crippen LogP contribution < -0.4 is 11.1 Å². The minimum atomic E-state index is -0.540. The average molecular weight is 342 g/mol. The van der Waals surface area contributed by atoms with Gasteiger partial charge in [-0.05, 0) is 18.1 Å². The molecule has 25 heavy (non-hydrogen) atoms. The molecule has 7 heteroatoms. The molecular weight excluding hydrogens is 320 g/mol. The number of hydrogen-bond acceptors (Lipinski definition) is 5. The van der Waals surface area contributed by atoms with Crippen molar-refractivity contribution in [3.05, 3.63) is 42.1 Å². The number of nitrogens with zero attached hydrogens (tertiary/aromatic N) is 2. The van der Waals surface area contributed by atoms with Crippen molar-refractivity contribution in [2.75, 3.05) is 32.8 Å². The van der Waals surface area contributed by atoms with Gasteiger partial charge in [0.05, 0.1) is 25.3 Å². The van der Waals surface area contributed by atoms with Gasteiger partial charge < -0.3 is 15.8 Å². The van der Waals surface area contributed by atoms with Crippen molar-refractivity contribution in [3.63, 3.8) is 0 Å². The van der Waals surface area contributed by atoms with Crippen molar-refractivity contribution in [2.24, 2.45) is 5.73 Å². The molecule has 1 aromatic heterocycles. The van der Waals surface area contributed by atoms with Crippen LogP contribution in [0.1, 0.15) is 5.56 Å². The Morgan fingerprint density at radius 1 is 1.32 bits per heavy atom. The molecule has 0 radical (unpaired) electrons. The Morgan fingerprint density at radius 2 is 2.16 bits per heavy atom. The van der Waals surface area contributed by atoms with Crippen LogP contribution in [0, 0.1) is 0 Å². The maximum Gasteiger partial charge on any atom is 0.237 e. The van der Waals surface area contributed by atoms with Crippen LogP contribution >= 0.6 is 0 Å². The van der Waals surface area contributed by atoms with E-state index in [-0.39, 0.29) is 19.1 Å². The summed E-state index contributed by atoms with van der Waals surface area (Å²) in [5.41, 5.74) is 7.42. The number of primary amides is 1. The predicted molar refractivity (Wildman–Crippen MR) is 93.8 cm³/mol. The van der Waals surface area contributed by atoms with Crippen LogP contribution in [0.5, 0.6) is 0 Å². The van der Waals surface area contributed by atoms with E-state index in [1.165, 1.54) is 0 Å². The van der Waals surface area contributed by atoms with Crippen LogP contribution in [-0.4, -0.2) is 60.6 Å². The molecule has 1 fully saturated rings. The summed E-state index contributed by atoms with van der Waals surface area (Å²) in [6.45, 7) is 1.92. The lowest BCUT2D eigenvalue weighted by molar-refractivity contribution is -0.132. The number of nitrogens with two attached hydrogens (primary N) is 1. The fourth-order valence-electron chi connectivity index (χ4n) is 3.04. The number of benzene rings is 1. The van der Waals surface area contributed by atoms with Gasteiger partial charge >= 0.3 is 0 Å². The van der Waals surface area contributed by atoms with Crippen molar-refractivity contribution >= 4 is 22.7 Å². The van der Waals surface area contributed by atoms with E-state index in [2.05, 4.69) is 10.3 Å².